The highest BCUT2D eigenvalue weighted by Crippen LogP contribution is 2.43. The third-order valence-corrected chi connectivity index (χ3v) is 9.47. The summed E-state index contributed by atoms with van der Waals surface area (Å²) in [6.45, 7) is 0. The zero-order valence-electron chi connectivity index (χ0n) is 29.2. The summed E-state index contributed by atoms with van der Waals surface area (Å²) in [6, 6.07) is 53.9. The molecule has 0 amide bonds. The van der Waals surface area contributed by atoms with Crippen LogP contribution in [0.4, 0.5) is 0 Å². The van der Waals surface area contributed by atoms with E-state index in [0.717, 1.165) is 89.8 Å². The van der Waals surface area contributed by atoms with Crippen molar-refractivity contribution in [1.82, 2.24) is 29.9 Å². The standard InChI is InChI=1S/C48H32N6/c1-5-25-49-43(9-1)35-17-13-33(14-18-35)39-29-40(34-15-19-36(20-16-34)44-10-2-6-26-50-44)42(38-22-24-48(54-32-38)46-12-4-8-28-52-46)30-41(39)37-21-23-47(53-31-37)45-11-3-7-27-51-45/h1-32H. The Labute approximate surface area is 313 Å². The molecule has 0 aliphatic carbocycles. The quantitative estimate of drug-likeness (QED) is 0.158. The second-order valence-corrected chi connectivity index (χ2v) is 12.8. The molecule has 0 N–H and O–H groups in total. The predicted octanol–water partition coefficient (Wildman–Crippen LogP) is 11.4. The van der Waals surface area contributed by atoms with Gasteiger partial charge in [-0.15, -0.1) is 0 Å². The number of hydrogen-bond donors (Lipinski definition) is 0. The van der Waals surface area contributed by atoms with E-state index in [4.69, 9.17) is 9.97 Å². The molecule has 9 aromatic rings. The van der Waals surface area contributed by atoms with Gasteiger partial charge in [-0.05, 0) is 106 Å². The Morgan fingerprint density at radius 3 is 0.833 bits per heavy atom. The van der Waals surface area contributed by atoms with Crippen molar-refractivity contribution in [2.75, 3.05) is 0 Å². The second kappa shape index (κ2) is 14.7. The first kappa shape index (κ1) is 32.5. The number of pyridine rings is 6. The van der Waals surface area contributed by atoms with E-state index in [1.54, 1.807) is 12.4 Å². The van der Waals surface area contributed by atoms with Crippen LogP contribution in [0.25, 0.3) is 89.8 Å². The van der Waals surface area contributed by atoms with Crippen molar-refractivity contribution in [3.63, 3.8) is 0 Å². The third-order valence-electron chi connectivity index (χ3n) is 9.47. The number of aromatic nitrogens is 6. The molecule has 0 aliphatic heterocycles. The molecule has 6 heteroatoms. The van der Waals surface area contributed by atoms with E-state index in [-0.39, 0.29) is 0 Å². The molecule has 6 nitrogen and oxygen atoms in total. The first-order chi connectivity index (χ1) is 26.8. The van der Waals surface area contributed by atoms with Crippen LogP contribution in [0.15, 0.2) is 195 Å². The van der Waals surface area contributed by atoms with Crippen LogP contribution in [-0.4, -0.2) is 29.9 Å². The minimum absolute atomic E-state index is 0.819. The summed E-state index contributed by atoms with van der Waals surface area (Å²) in [6.07, 6.45) is 11.1. The van der Waals surface area contributed by atoms with E-state index < -0.39 is 0 Å². The number of benzene rings is 3. The molecule has 54 heavy (non-hydrogen) atoms. The monoisotopic (exact) mass is 692 g/mol. The van der Waals surface area contributed by atoms with Gasteiger partial charge in [-0.1, -0.05) is 84.9 Å². The smallest absolute Gasteiger partial charge is 0.0886 e. The SMILES string of the molecule is c1ccc(-c2ccc(-c3cc(-c4ccc(-c5ccccn5)cc4)c(-c4ccc(-c5ccccn5)nc4)cc3-c3ccc(-c4ccccn4)nc3)cc2)nc1. The molecule has 0 saturated heterocycles. The van der Waals surface area contributed by atoms with Gasteiger partial charge in [0.15, 0.2) is 0 Å². The molecule has 0 atom stereocenters. The highest BCUT2D eigenvalue weighted by molar-refractivity contribution is 5.95. The molecule has 0 fully saturated rings. The van der Waals surface area contributed by atoms with Gasteiger partial charge in [-0.2, -0.15) is 0 Å². The molecular formula is C48H32N6. The number of nitrogens with zero attached hydrogens (tertiary/aromatic N) is 6. The van der Waals surface area contributed by atoms with Crippen LogP contribution in [0.2, 0.25) is 0 Å². The van der Waals surface area contributed by atoms with Crippen LogP contribution in [0.1, 0.15) is 0 Å². The average Bonchev–Trinajstić information content (AvgIpc) is 3.27. The van der Waals surface area contributed by atoms with Gasteiger partial charge in [0.25, 0.3) is 0 Å². The number of rotatable bonds is 8. The molecule has 6 aromatic heterocycles. The van der Waals surface area contributed by atoms with Crippen LogP contribution >= 0.6 is 0 Å². The van der Waals surface area contributed by atoms with Crippen LogP contribution < -0.4 is 0 Å². The van der Waals surface area contributed by atoms with Gasteiger partial charge in [-0.25, -0.2) is 0 Å². The fraction of sp³-hybridized carbons (Fsp3) is 0. The van der Waals surface area contributed by atoms with Crippen molar-refractivity contribution < 1.29 is 0 Å². The molecule has 0 unspecified atom stereocenters. The van der Waals surface area contributed by atoms with Gasteiger partial charge < -0.3 is 0 Å². The molecule has 254 valence electrons. The highest BCUT2D eigenvalue weighted by Gasteiger charge is 2.18. The maximum Gasteiger partial charge on any atom is 0.0886 e. The third kappa shape index (κ3) is 6.67. The maximum atomic E-state index is 4.88. The Hall–Kier alpha value is -7.44. The molecule has 0 spiro atoms. The minimum atomic E-state index is 0.819. The van der Waals surface area contributed by atoms with E-state index in [9.17, 15) is 0 Å². The van der Waals surface area contributed by atoms with Crippen LogP contribution in [0, 0.1) is 0 Å². The van der Waals surface area contributed by atoms with Crippen molar-refractivity contribution in [1.29, 1.82) is 0 Å². The molecule has 0 bridgehead atoms. The first-order valence-electron chi connectivity index (χ1n) is 17.7. The summed E-state index contributed by atoms with van der Waals surface area (Å²) in [5.41, 5.74) is 15.7. The highest BCUT2D eigenvalue weighted by atomic mass is 14.8. The Kier molecular flexibility index (Phi) is 8.81. The lowest BCUT2D eigenvalue weighted by molar-refractivity contribution is 1.25. The van der Waals surface area contributed by atoms with Crippen molar-refractivity contribution in [3.8, 4) is 89.8 Å². The van der Waals surface area contributed by atoms with Gasteiger partial charge in [0, 0.05) is 59.4 Å². The van der Waals surface area contributed by atoms with Crippen molar-refractivity contribution >= 4 is 0 Å². The average molecular weight is 693 g/mol. The summed E-state index contributed by atoms with van der Waals surface area (Å²) in [5.74, 6) is 0. The number of hydrogen-bond acceptors (Lipinski definition) is 6. The van der Waals surface area contributed by atoms with E-state index in [0.29, 0.717) is 0 Å². The summed E-state index contributed by atoms with van der Waals surface area (Å²) in [7, 11) is 0. The van der Waals surface area contributed by atoms with E-state index in [2.05, 4.69) is 92.7 Å². The topological polar surface area (TPSA) is 77.3 Å². The van der Waals surface area contributed by atoms with E-state index in [1.165, 1.54) is 0 Å². The molecule has 6 heterocycles. The Morgan fingerprint density at radius 1 is 0.222 bits per heavy atom. The van der Waals surface area contributed by atoms with E-state index >= 15 is 0 Å². The molecule has 0 radical (unpaired) electrons. The Bertz CT molecular complexity index is 2260. The van der Waals surface area contributed by atoms with Gasteiger partial charge >= 0.3 is 0 Å². The fourth-order valence-corrected chi connectivity index (χ4v) is 6.70. The van der Waals surface area contributed by atoms with E-state index in [1.807, 2.05) is 110 Å². The predicted molar refractivity (Wildman–Crippen MR) is 217 cm³/mol. The first-order valence-corrected chi connectivity index (χ1v) is 17.7. The maximum absolute atomic E-state index is 4.88. The van der Waals surface area contributed by atoms with Gasteiger partial charge in [0.2, 0.25) is 0 Å². The largest absolute Gasteiger partial charge is 0.256 e. The fourth-order valence-electron chi connectivity index (χ4n) is 6.70. The summed E-state index contributed by atoms with van der Waals surface area (Å²) in [4.78, 5) is 28.0. The van der Waals surface area contributed by atoms with Crippen LogP contribution in [0.3, 0.4) is 0 Å². The molecule has 9 rings (SSSR count). The summed E-state index contributed by atoms with van der Waals surface area (Å²) in [5, 5.41) is 0. The zero-order chi connectivity index (χ0) is 36.1. The second-order valence-electron chi connectivity index (χ2n) is 12.8. The Morgan fingerprint density at radius 2 is 0.519 bits per heavy atom. The van der Waals surface area contributed by atoms with Crippen molar-refractivity contribution in [3.05, 3.63) is 195 Å². The zero-order valence-corrected chi connectivity index (χ0v) is 29.2. The van der Waals surface area contributed by atoms with Crippen LogP contribution in [-0.2, 0) is 0 Å². The van der Waals surface area contributed by atoms with Gasteiger partial charge in [0.1, 0.15) is 0 Å². The van der Waals surface area contributed by atoms with Gasteiger partial charge in [-0.3, -0.25) is 29.9 Å². The lowest BCUT2D eigenvalue weighted by Crippen LogP contribution is -1.95. The minimum Gasteiger partial charge on any atom is -0.256 e. The Balaban J connectivity index is 1.23. The van der Waals surface area contributed by atoms with Crippen molar-refractivity contribution in [2.24, 2.45) is 0 Å². The molecule has 0 aliphatic rings. The van der Waals surface area contributed by atoms with Crippen molar-refractivity contribution in [2.45, 2.75) is 0 Å². The summed E-state index contributed by atoms with van der Waals surface area (Å²) >= 11 is 0. The van der Waals surface area contributed by atoms with Crippen LogP contribution in [0.5, 0.6) is 0 Å². The normalized spacial score (nSPS) is 11.0. The summed E-state index contributed by atoms with van der Waals surface area (Å²) < 4.78 is 0. The molecule has 0 saturated carbocycles. The lowest BCUT2D eigenvalue weighted by atomic mass is 9.85. The molecular weight excluding hydrogens is 661 g/mol. The molecule has 3 aromatic carbocycles. The lowest BCUT2D eigenvalue weighted by Gasteiger charge is -2.19. The van der Waals surface area contributed by atoms with Gasteiger partial charge in [0.05, 0.1) is 34.2 Å².